The van der Waals surface area contributed by atoms with E-state index in [1.807, 2.05) is 30.3 Å². The zero-order valence-corrected chi connectivity index (χ0v) is 11.1. The maximum Gasteiger partial charge on any atom is 0.255 e. The van der Waals surface area contributed by atoms with E-state index in [0.717, 1.165) is 5.56 Å². The lowest BCUT2D eigenvalue weighted by molar-refractivity contribution is 0.0949. The third-order valence-corrected chi connectivity index (χ3v) is 2.67. The van der Waals surface area contributed by atoms with E-state index in [9.17, 15) is 4.79 Å². The molecule has 98 valence electrons. The number of aromatic nitrogens is 2. The van der Waals surface area contributed by atoms with Crippen molar-refractivity contribution in [2.45, 2.75) is 13.8 Å². The highest BCUT2D eigenvalue weighted by Gasteiger charge is 2.14. The van der Waals surface area contributed by atoms with Crippen LogP contribution < -0.4 is 5.32 Å². The highest BCUT2D eigenvalue weighted by molar-refractivity contribution is 5.99. The molecule has 4 heteroatoms. The van der Waals surface area contributed by atoms with Gasteiger partial charge in [-0.1, -0.05) is 44.2 Å². The summed E-state index contributed by atoms with van der Waals surface area (Å²) in [6.07, 6.45) is 3.02. The first-order valence-electron chi connectivity index (χ1n) is 6.32. The van der Waals surface area contributed by atoms with Gasteiger partial charge in [0.2, 0.25) is 0 Å². The number of carbonyl (C=O) groups excluding carboxylic acids is 1. The Labute approximate surface area is 112 Å². The molecular formula is C15H17N3O. The Bertz CT molecular complexity index is 552. The van der Waals surface area contributed by atoms with E-state index in [-0.39, 0.29) is 5.91 Å². The van der Waals surface area contributed by atoms with Gasteiger partial charge < -0.3 is 5.32 Å². The maximum absolute atomic E-state index is 12.2. The van der Waals surface area contributed by atoms with Crippen LogP contribution in [0.4, 0.5) is 0 Å². The zero-order chi connectivity index (χ0) is 13.7. The summed E-state index contributed by atoms with van der Waals surface area (Å²) in [5.74, 6) is 0.280. The van der Waals surface area contributed by atoms with Crippen molar-refractivity contribution in [2.24, 2.45) is 5.92 Å². The van der Waals surface area contributed by atoms with Gasteiger partial charge in [0.25, 0.3) is 5.91 Å². The number of nitrogens with one attached hydrogen (secondary N) is 1. The summed E-state index contributed by atoms with van der Waals surface area (Å²) in [4.78, 5) is 20.3. The van der Waals surface area contributed by atoms with Crippen molar-refractivity contribution in [1.29, 1.82) is 0 Å². The number of benzene rings is 1. The smallest absolute Gasteiger partial charge is 0.255 e. The molecule has 0 saturated heterocycles. The van der Waals surface area contributed by atoms with Gasteiger partial charge in [-0.25, -0.2) is 9.97 Å². The summed E-state index contributed by atoms with van der Waals surface area (Å²) in [6.45, 7) is 4.75. The van der Waals surface area contributed by atoms with Crippen molar-refractivity contribution in [1.82, 2.24) is 15.3 Å². The van der Waals surface area contributed by atoms with E-state index in [0.29, 0.717) is 23.7 Å². The van der Waals surface area contributed by atoms with Crippen molar-refractivity contribution in [3.63, 3.8) is 0 Å². The van der Waals surface area contributed by atoms with Gasteiger partial charge in [0.05, 0.1) is 11.3 Å². The number of hydrogen-bond donors (Lipinski definition) is 1. The van der Waals surface area contributed by atoms with Crippen LogP contribution in [-0.2, 0) is 0 Å². The van der Waals surface area contributed by atoms with Crippen molar-refractivity contribution in [2.75, 3.05) is 6.54 Å². The normalized spacial score (nSPS) is 10.5. The minimum absolute atomic E-state index is 0.131. The highest BCUT2D eigenvalue weighted by atomic mass is 16.1. The van der Waals surface area contributed by atoms with Gasteiger partial charge in [0.1, 0.15) is 6.33 Å². The molecule has 2 aromatic rings. The summed E-state index contributed by atoms with van der Waals surface area (Å²) >= 11 is 0. The minimum atomic E-state index is -0.131. The lowest BCUT2D eigenvalue weighted by atomic mass is 10.1. The Morgan fingerprint density at radius 1 is 1.26 bits per heavy atom. The van der Waals surface area contributed by atoms with Crippen LogP contribution in [0.25, 0.3) is 11.3 Å². The number of rotatable bonds is 4. The van der Waals surface area contributed by atoms with Gasteiger partial charge in [-0.3, -0.25) is 4.79 Å². The third-order valence-electron chi connectivity index (χ3n) is 2.67. The fourth-order valence-electron chi connectivity index (χ4n) is 1.71. The molecule has 0 bridgehead atoms. The molecule has 0 saturated carbocycles. The second-order valence-electron chi connectivity index (χ2n) is 4.75. The Hall–Kier alpha value is -2.23. The molecular weight excluding hydrogens is 238 g/mol. The first-order chi connectivity index (χ1) is 9.18. The molecule has 4 nitrogen and oxygen atoms in total. The summed E-state index contributed by atoms with van der Waals surface area (Å²) in [7, 11) is 0. The fourth-order valence-corrected chi connectivity index (χ4v) is 1.71. The van der Waals surface area contributed by atoms with Crippen LogP contribution >= 0.6 is 0 Å². The average molecular weight is 255 g/mol. The lowest BCUT2D eigenvalue weighted by Gasteiger charge is -2.10. The van der Waals surface area contributed by atoms with Gasteiger partial charge >= 0.3 is 0 Å². The third kappa shape index (κ3) is 3.37. The SMILES string of the molecule is CC(C)CNC(=O)c1cncnc1-c1ccccc1. The molecule has 19 heavy (non-hydrogen) atoms. The van der Waals surface area contributed by atoms with Crippen LogP contribution in [0.15, 0.2) is 42.9 Å². The molecule has 0 fully saturated rings. The molecule has 1 aromatic heterocycles. The number of nitrogens with zero attached hydrogens (tertiary/aromatic N) is 2. The summed E-state index contributed by atoms with van der Waals surface area (Å²) < 4.78 is 0. The van der Waals surface area contributed by atoms with E-state index < -0.39 is 0 Å². The highest BCUT2D eigenvalue weighted by Crippen LogP contribution is 2.19. The standard InChI is InChI=1S/C15H17N3O/c1-11(2)8-17-15(19)13-9-16-10-18-14(13)12-6-4-3-5-7-12/h3-7,9-11H,8H2,1-2H3,(H,17,19). The molecule has 0 radical (unpaired) electrons. The van der Waals surface area contributed by atoms with Crippen LogP contribution in [0.2, 0.25) is 0 Å². The Balaban J connectivity index is 2.29. The van der Waals surface area contributed by atoms with Crippen LogP contribution in [0.1, 0.15) is 24.2 Å². The average Bonchev–Trinajstić information content (AvgIpc) is 2.45. The Morgan fingerprint density at radius 2 is 2.00 bits per heavy atom. The number of amides is 1. The molecule has 0 aliphatic heterocycles. The second kappa shape index (κ2) is 6.09. The van der Waals surface area contributed by atoms with Gasteiger partial charge in [0.15, 0.2) is 0 Å². The minimum Gasteiger partial charge on any atom is -0.352 e. The predicted octanol–water partition coefficient (Wildman–Crippen LogP) is 2.53. The molecule has 0 unspecified atom stereocenters. The van der Waals surface area contributed by atoms with E-state index in [4.69, 9.17) is 0 Å². The van der Waals surface area contributed by atoms with Crippen molar-refractivity contribution in [3.05, 3.63) is 48.4 Å². The second-order valence-corrected chi connectivity index (χ2v) is 4.75. The summed E-state index contributed by atoms with van der Waals surface area (Å²) in [5, 5.41) is 2.89. The van der Waals surface area contributed by atoms with E-state index in [1.54, 1.807) is 6.20 Å². The van der Waals surface area contributed by atoms with Crippen LogP contribution in [-0.4, -0.2) is 22.4 Å². The maximum atomic E-state index is 12.2. The molecule has 1 amide bonds. The van der Waals surface area contributed by atoms with E-state index in [1.165, 1.54) is 6.33 Å². The van der Waals surface area contributed by atoms with Crippen molar-refractivity contribution in [3.8, 4) is 11.3 Å². The Morgan fingerprint density at radius 3 is 2.68 bits per heavy atom. The summed E-state index contributed by atoms with van der Waals surface area (Å²) in [6, 6.07) is 9.65. The topological polar surface area (TPSA) is 54.9 Å². The van der Waals surface area contributed by atoms with Crippen molar-refractivity contribution >= 4 is 5.91 Å². The van der Waals surface area contributed by atoms with E-state index >= 15 is 0 Å². The predicted molar refractivity (Wildman–Crippen MR) is 74.6 cm³/mol. The largest absolute Gasteiger partial charge is 0.352 e. The molecule has 0 aliphatic rings. The van der Waals surface area contributed by atoms with E-state index in [2.05, 4.69) is 29.1 Å². The molecule has 1 aromatic carbocycles. The number of carbonyl (C=O) groups is 1. The molecule has 0 aliphatic carbocycles. The fraction of sp³-hybridized carbons (Fsp3) is 0.267. The number of hydrogen-bond acceptors (Lipinski definition) is 3. The van der Waals surface area contributed by atoms with Gasteiger partial charge in [-0.05, 0) is 5.92 Å². The molecule has 2 rings (SSSR count). The molecule has 1 N–H and O–H groups in total. The first-order valence-corrected chi connectivity index (χ1v) is 6.32. The zero-order valence-electron chi connectivity index (χ0n) is 11.1. The van der Waals surface area contributed by atoms with Crippen LogP contribution in [0.3, 0.4) is 0 Å². The quantitative estimate of drug-likeness (QED) is 0.913. The van der Waals surface area contributed by atoms with Crippen molar-refractivity contribution < 1.29 is 4.79 Å². The van der Waals surface area contributed by atoms with Crippen LogP contribution in [0.5, 0.6) is 0 Å². The molecule has 0 spiro atoms. The molecule has 1 heterocycles. The van der Waals surface area contributed by atoms with Crippen LogP contribution in [0, 0.1) is 5.92 Å². The Kier molecular flexibility index (Phi) is 4.23. The molecule has 0 atom stereocenters. The monoisotopic (exact) mass is 255 g/mol. The lowest BCUT2D eigenvalue weighted by Crippen LogP contribution is -2.28. The van der Waals surface area contributed by atoms with Gasteiger partial charge in [-0.2, -0.15) is 0 Å². The van der Waals surface area contributed by atoms with Gasteiger partial charge in [0, 0.05) is 18.3 Å². The first kappa shape index (κ1) is 13.2. The summed E-state index contributed by atoms with van der Waals surface area (Å²) in [5.41, 5.74) is 2.09. The van der Waals surface area contributed by atoms with Gasteiger partial charge in [-0.15, -0.1) is 0 Å².